The zero-order chi connectivity index (χ0) is 19.3. The van der Waals surface area contributed by atoms with Gasteiger partial charge in [-0.3, -0.25) is 0 Å². The third-order valence-electron chi connectivity index (χ3n) is 4.60. The number of nitrogens with zero attached hydrogens (tertiary/aromatic N) is 2. The standard InChI is InChI=1S/C19H20ClN3O3S/c20-17-6-2-3-7-18(17)26-14-13-22-9-11-23(12-10-22)27(24,25)19-8-4-1-5-16(19)15-21/h1-8H,9-14H2/p+1. The lowest BCUT2D eigenvalue weighted by atomic mass is 10.2. The maximum atomic E-state index is 12.8. The Bertz CT molecular complexity index is 935. The number of hydrogen-bond acceptors (Lipinski definition) is 4. The van der Waals surface area contributed by atoms with Gasteiger partial charge in [0.25, 0.3) is 0 Å². The highest BCUT2D eigenvalue weighted by atomic mass is 35.5. The number of quaternary nitrogens is 1. The minimum Gasteiger partial charge on any atom is -0.486 e. The molecule has 6 nitrogen and oxygen atoms in total. The molecule has 1 fully saturated rings. The lowest BCUT2D eigenvalue weighted by Gasteiger charge is -2.31. The topological polar surface area (TPSA) is 74.8 Å². The van der Waals surface area contributed by atoms with Gasteiger partial charge in [-0.2, -0.15) is 9.57 Å². The van der Waals surface area contributed by atoms with Crippen LogP contribution in [-0.4, -0.2) is 52.1 Å². The van der Waals surface area contributed by atoms with E-state index in [4.69, 9.17) is 16.3 Å². The Balaban J connectivity index is 1.54. The summed E-state index contributed by atoms with van der Waals surface area (Å²) in [6, 6.07) is 15.6. The fourth-order valence-electron chi connectivity index (χ4n) is 3.08. The van der Waals surface area contributed by atoms with Crippen LogP contribution in [0.15, 0.2) is 53.4 Å². The smallest absolute Gasteiger partial charge is 0.244 e. The third kappa shape index (κ3) is 4.60. The Hall–Kier alpha value is -2.11. The third-order valence-corrected chi connectivity index (χ3v) is 6.87. The van der Waals surface area contributed by atoms with Crippen LogP contribution < -0.4 is 9.64 Å². The van der Waals surface area contributed by atoms with E-state index < -0.39 is 10.0 Å². The molecule has 142 valence electrons. The molecule has 0 amide bonds. The summed E-state index contributed by atoms with van der Waals surface area (Å²) in [6.07, 6.45) is 0. The molecule has 2 aromatic rings. The lowest BCUT2D eigenvalue weighted by Crippen LogP contribution is -3.15. The SMILES string of the molecule is N#Cc1ccccc1S(=O)(=O)N1CC[NH+](CCOc2ccccc2Cl)CC1. The van der Waals surface area contributed by atoms with Crippen molar-refractivity contribution in [2.75, 3.05) is 39.3 Å². The zero-order valence-electron chi connectivity index (χ0n) is 14.8. The molecule has 2 aromatic carbocycles. The first kappa shape index (κ1) is 19.6. The maximum Gasteiger partial charge on any atom is 0.244 e. The van der Waals surface area contributed by atoms with Gasteiger partial charge >= 0.3 is 0 Å². The second-order valence-electron chi connectivity index (χ2n) is 6.29. The highest BCUT2D eigenvalue weighted by molar-refractivity contribution is 7.89. The molecule has 1 heterocycles. The number of hydrogen-bond donors (Lipinski definition) is 1. The van der Waals surface area contributed by atoms with Crippen LogP contribution in [0.25, 0.3) is 0 Å². The highest BCUT2D eigenvalue weighted by Gasteiger charge is 2.31. The molecule has 0 atom stereocenters. The van der Waals surface area contributed by atoms with Gasteiger partial charge in [-0.15, -0.1) is 0 Å². The van der Waals surface area contributed by atoms with Gasteiger partial charge in [-0.05, 0) is 24.3 Å². The van der Waals surface area contributed by atoms with Crippen molar-refractivity contribution < 1.29 is 18.1 Å². The molecule has 1 aliphatic rings. The Labute approximate surface area is 164 Å². The van der Waals surface area contributed by atoms with Crippen LogP contribution in [0.4, 0.5) is 0 Å². The summed E-state index contributed by atoms with van der Waals surface area (Å²) < 4.78 is 32.8. The van der Waals surface area contributed by atoms with E-state index in [1.807, 2.05) is 24.3 Å². The molecule has 0 aromatic heterocycles. The second kappa shape index (κ2) is 8.72. The molecule has 8 heteroatoms. The van der Waals surface area contributed by atoms with Gasteiger partial charge in [0.1, 0.15) is 25.0 Å². The van der Waals surface area contributed by atoms with Crippen LogP contribution in [0.5, 0.6) is 5.75 Å². The van der Waals surface area contributed by atoms with Gasteiger partial charge in [0.15, 0.2) is 0 Å². The van der Waals surface area contributed by atoms with Gasteiger partial charge < -0.3 is 9.64 Å². The van der Waals surface area contributed by atoms with E-state index in [9.17, 15) is 13.7 Å². The van der Waals surface area contributed by atoms with Crippen LogP contribution in [0.1, 0.15) is 5.56 Å². The highest BCUT2D eigenvalue weighted by Crippen LogP contribution is 2.22. The first-order chi connectivity index (χ1) is 13.0. The van der Waals surface area contributed by atoms with E-state index in [1.165, 1.54) is 21.3 Å². The summed E-state index contributed by atoms with van der Waals surface area (Å²) in [6.45, 7) is 3.52. The number of benzene rings is 2. The summed E-state index contributed by atoms with van der Waals surface area (Å²) >= 11 is 6.07. The van der Waals surface area contributed by atoms with Crippen LogP contribution in [-0.2, 0) is 10.0 Å². The minimum atomic E-state index is -3.65. The van der Waals surface area contributed by atoms with E-state index in [2.05, 4.69) is 0 Å². The number of nitriles is 1. The van der Waals surface area contributed by atoms with Gasteiger partial charge in [0, 0.05) is 0 Å². The molecule has 0 aliphatic carbocycles. The number of para-hydroxylation sites is 1. The van der Waals surface area contributed by atoms with E-state index in [1.54, 1.807) is 18.2 Å². The normalized spacial score (nSPS) is 16.0. The minimum absolute atomic E-state index is 0.0815. The molecule has 0 saturated carbocycles. The first-order valence-electron chi connectivity index (χ1n) is 8.72. The number of rotatable bonds is 6. The molecule has 3 rings (SSSR count). The van der Waals surface area contributed by atoms with E-state index >= 15 is 0 Å². The fourth-order valence-corrected chi connectivity index (χ4v) is 4.86. The summed E-state index contributed by atoms with van der Waals surface area (Å²) in [4.78, 5) is 1.36. The molecule has 27 heavy (non-hydrogen) atoms. The second-order valence-corrected chi connectivity index (χ2v) is 8.60. The van der Waals surface area contributed by atoms with Crippen molar-refractivity contribution in [2.45, 2.75) is 4.90 Å². The summed E-state index contributed by atoms with van der Waals surface area (Å²) in [5.74, 6) is 0.660. The quantitative estimate of drug-likeness (QED) is 0.781. The predicted octanol–water partition coefficient (Wildman–Crippen LogP) is 1.18. The number of ether oxygens (including phenoxy) is 1. The van der Waals surface area contributed by atoms with Crippen LogP contribution in [0, 0.1) is 11.3 Å². The van der Waals surface area contributed by atoms with Crippen molar-refractivity contribution in [3.05, 3.63) is 59.1 Å². The molecular weight excluding hydrogens is 386 g/mol. The van der Waals surface area contributed by atoms with Crippen molar-refractivity contribution in [1.82, 2.24) is 4.31 Å². The van der Waals surface area contributed by atoms with Crippen LogP contribution in [0.2, 0.25) is 5.02 Å². The fraction of sp³-hybridized carbons (Fsp3) is 0.316. The average Bonchev–Trinajstić information content (AvgIpc) is 2.70. The van der Waals surface area contributed by atoms with Crippen molar-refractivity contribution in [2.24, 2.45) is 0 Å². The summed E-state index contributed by atoms with van der Waals surface area (Å²) in [7, 11) is -3.65. The van der Waals surface area contributed by atoms with E-state index in [0.29, 0.717) is 43.6 Å². The van der Waals surface area contributed by atoms with Gasteiger partial charge in [-0.1, -0.05) is 35.9 Å². The van der Waals surface area contributed by atoms with Crippen LogP contribution in [0.3, 0.4) is 0 Å². The van der Waals surface area contributed by atoms with Crippen molar-refractivity contribution in [3.63, 3.8) is 0 Å². The predicted molar refractivity (Wildman–Crippen MR) is 102 cm³/mol. The molecule has 0 bridgehead atoms. The molecule has 0 unspecified atom stereocenters. The lowest BCUT2D eigenvalue weighted by molar-refractivity contribution is -0.903. The number of nitrogens with one attached hydrogen (secondary N) is 1. The molecule has 1 saturated heterocycles. The summed E-state index contributed by atoms with van der Waals surface area (Å²) in [5, 5.41) is 9.76. The molecule has 1 aliphatic heterocycles. The average molecular weight is 407 g/mol. The van der Waals surface area contributed by atoms with Gasteiger partial charge in [0.05, 0.1) is 41.7 Å². The Morgan fingerprint density at radius 1 is 1.11 bits per heavy atom. The molecular formula is C19H21ClN3O3S+. The van der Waals surface area contributed by atoms with Crippen molar-refractivity contribution in [3.8, 4) is 11.8 Å². The van der Waals surface area contributed by atoms with Crippen molar-refractivity contribution in [1.29, 1.82) is 5.26 Å². The molecule has 0 spiro atoms. The Morgan fingerprint density at radius 3 is 2.48 bits per heavy atom. The number of sulfonamides is 1. The monoisotopic (exact) mass is 406 g/mol. The van der Waals surface area contributed by atoms with Crippen molar-refractivity contribution >= 4 is 21.6 Å². The van der Waals surface area contributed by atoms with Crippen LogP contribution >= 0.6 is 11.6 Å². The van der Waals surface area contributed by atoms with E-state index in [-0.39, 0.29) is 10.5 Å². The molecule has 0 radical (unpaired) electrons. The maximum absolute atomic E-state index is 12.8. The largest absolute Gasteiger partial charge is 0.486 e. The summed E-state index contributed by atoms with van der Waals surface area (Å²) in [5.41, 5.74) is 0.181. The van der Waals surface area contributed by atoms with Gasteiger partial charge in [-0.25, -0.2) is 8.42 Å². The first-order valence-corrected chi connectivity index (χ1v) is 10.5. The van der Waals surface area contributed by atoms with Gasteiger partial charge in [0.2, 0.25) is 10.0 Å². The molecule has 1 N–H and O–H groups in total. The number of halogens is 1. The Morgan fingerprint density at radius 2 is 1.78 bits per heavy atom. The number of piperazine rings is 1. The Kier molecular flexibility index (Phi) is 6.34. The van der Waals surface area contributed by atoms with E-state index in [0.717, 1.165) is 6.54 Å². The zero-order valence-corrected chi connectivity index (χ0v) is 16.3.